The number of carbonyl (C=O) groups excluding carboxylic acids is 2. The molecule has 0 spiro atoms. The maximum atomic E-state index is 13.0. The highest BCUT2D eigenvalue weighted by Crippen LogP contribution is 2.42. The van der Waals surface area contributed by atoms with Crippen molar-refractivity contribution in [3.8, 4) is 0 Å². The van der Waals surface area contributed by atoms with Crippen LogP contribution in [0.25, 0.3) is 0 Å². The summed E-state index contributed by atoms with van der Waals surface area (Å²) in [6.07, 6.45) is 1.36. The van der Waals surface area contributed by atoms with Gasteiger partial charge < -0.3 is 19.4 Å². The van der Waals surface area contributed by atoms with Crippen molar-refractivity contribution in [3.05, 3.63) is 23.8 Å². The summed E-state index contributed by atoms with van der Waals surface area (Å²) in [4.78, 5) is 31.7. The van der Waals surface area contributed by atoms with Crippen LogP contribution in [0.5, 0.6) is 0 Å². The molecule has 1 atom stereocenters. The van der Waals surface area contributed by atoms with Gasteiger partial charge >= 0.3 is 0 Å². The Morgan fingerprint density at radius 1 is 1.10 bits per heavy atom. The first-order valence-electron chi connectivity index (χ1n) is 10.0. The van der Waals surface area contributed by atoms with Crippen LogP contribution in [0.4, 0.5) is 5.69 Å². The number of amidine groups is 1. The van der Waals surface area contributed by atoms with Crippen LogP contribution in [0.2, 0.25) is 0 Å². The van der Waals surface area contributed by atoms with Crippen LogP contribution in [0.15, 0.2) is 27.5 Å². The van der Waals surface area contributed by atoms with Gasteiger partial charge in [-0.3, -0.25) is 9.59 Å². The third-order valence-corrected chi connectivity index (χ3v) is 8.11. The van der Waals surface area contributed by atoms with Crippen LogP contribution in [-0.4, -0.2) is 86.4 Å². The van der Waals surface area contributed by atoms with Gasteiger partial charge in [0.25, 0.3) is 21.8 Å². The molecule has 0 radical (unpaired) electrons. The Labute approximate surface area is 179 Å². The Morgan fingerprint density at radius 3 is 2.60 bits per heavy atom. The highest BCUT2D eigenvalue weighted by molar-refractivity contribution is 8.15. The van der Waals surface area contributed by atoms with Crippen molar-refractivity contribution in [2.24, 2.45) is 4.40 Å². The van der Waals surface area contributed by atoms with Gasteiger partial charge in [0.05, 0.1) is 11.4 Å². The van der Waals surface area contributed by atoms with Crippen LogP contribution < -0.4 is 4.90 Å². The molecular weight excluding hydrogens is 428 g/mol. The largest absolute Gasteiger partial charge is 0.368 e. The van der Waals surface area contributed by atoms with Gasteiger partial charge in [-0.15, -0.1) is 4.40 Å². The number of piperazine rings is 1. The lowest BCUT2D eigenvalue weighted by atomic mass is 10.1. The summed E-state index contributed by atoms with van der Waals surface area (Å²) in [6.45, 7) is 2.99. The number of hydrogen-bond acceptors (Lipinski definition) is 7. The highest BCUT2D eigenvalue weighted by atomic mass is 32.2. The van der Waals surface area contributed by atoms with E-state index in [1.165, 1.54) is 11.8 Å². The zero-order valence-electron chi connectivity index (χ0n) is 16.3. The second-order valence-electron chi connectivity index (χ2n) is 7.72. The monoisotopic (exact) mass is 450 g/mol. The molecule has 2 saturated heterocycles. The van der Waals surface area contributed by atoms with Crippen molar-refractivity contribution in [3.63, 3.8) is 0 Å². The molecular formula is C19H22N4O5S2. The number of nitrogens with zero attached hydrogens (tertiary/aromatic N) is 4. The molecule has 4 aliphatic heterocycles. The number of carbonyl (C=O) groups is 2. The minimum atomic E-state index is -3.41. The molecule has 160 valence electrons. The number of benzene rings is 1. The standard InChI is InChI=1S/C19H22N4O5S2/c24-17(21-5-7-22(8-6-21)18(25)15-2-1-10-28-15)13-3-4-14-16(12-13)29-19-20-30(26,27)11-9-23(14)19/h3-4,12,15H,1-2,5-11H2. The first kappa shape index (κ1) is 19.8. The van der Waals surface area contributed by atoms with Crippen LogP contribution in [0.3, 0.4) is 0 Å². The quantitative estimate of drug-likeness (QED) is 0.656. The van der Waals surface area contributed by atoms with E-state index in [0.29, 0.717) is 50.1 Å². The summed E-state index contributed by atoms with van der Waals surface area (Å²) in [7, 11) is -3.41. The maximum absolute atomic E-state index is 13.0. The number of thioether (sulfide) groups is 1. The molecule has 0 aromatic heterocycles. The van der Waals surface area contributed by atoms with E-state index in [1.807, 2.05) is 11.0 Å². The molecule has 0 bridgehead atoms. The number of rotatable bonds is 2. The molecule has 4 heterocycles. The number of amides is 2. The number of fused-ring (bicyclic) bond motifs is 3. The van der Waals surface area contributed by atoms with Gasteiger partial charge in [-0.1, -0.05) is 0 Å². The fourth-order valence-electron chi connectivity index (χ4n) is 4.15. The predicted molar refractivity (Wildman–Crippen MR) is 112 cm³/mol. The van der Waals surface area contributed by atoms with Crippen LogP contribution in [0.1, 0.15) is 23.2 Å². The fourth-order valence-corrected chi connectivity index (χ4v) is 6.45. The Morgan fingerprint density at radius 2 is 1.87 bits per heavy atom. The second kappa shape index (κ2) is 7.54. The molecule has 30 heavy (non-hydrogen) atoms. The zero-order chi connectivity index (χ0) is 20.9. The van der Waals surface area contributed by atoms with Crippen molar-refractivity contribution < 1.29 is 22.7 Å². The molecule has 2 amide bonds. The molecule has 1 aromatic carbocycles. The molecule has 2 fully saturated rings. The lowest BCUT2D eigenvalue weighted by molar-refractivity contribution is -0.142. The average molecular weight is 451 g/mol. The van der Waals surface area contributed by atoms with Crippen molar-refractivity contribution in [2.75, 3.05) is 50.0 Å². The van der Waals surface area contributed by atoms with Gasteiger partial charge in [-0.05, 0) is 42.8 Å². The Bertz CT molecular complexity index is 1030. The van der Waals surface area contributed by atoms with E-state index in [-0.39, 0.29) is 23.7 Å². The third kappa shape index (κ3) is 3.58. The predicted octanol–water partition coefficient (Wildman–Crippen LogP) is 0.761. The molecule has 1 aromatic rings. The molecule has 1 unspecified atom stereocenters. The molecule has 9 nitrogen and oxygen atoms in total. The topological polar surface area (TPSA) is 99.6 Å². The summed E-state index contributed by atoms with van der Waals surface area (Å²) < 4.78 is 32.9. The second-order valence-corrected chi connectivity index (χ2v) is 10.5. The van der Waals surface area contributed by atoms with Gasteiger partial charge in [-0.2, -0.15) is 0 Å². The maximum Gasteiger partial charge on any atom is 0.257 e. The Hall–Kier alpha value is -2.11. The summed E-state index contributed by atoms with van der Waals surface area (Å²) in [5.41, 5.74) is 1.45. The normalized spacial score (nSPS) is 25.0. The molecule has 0 aliphatic carbocycles. The number of anilines is 1. The van der Waals surface area contributed by atoms with Crippen molar-refractivity contribution in [1.29, 1.82) is 0 Å². The summed E-state index contributed by atoms with van der Waals surface area (Å²) >= 11 is 1.28. The van der Waals surface area contributed by atoms with Gasteiger partial charge in [0, 0.05) is 49.8 Å². The SMILES string of the molecule is O=C(c1ccc2c(c1)SC1=NS(=O)(=O)CCN12)N1CCN(C(=O)C2CCCO2)CC1. The number of ether oxygens (including phenoxy) is 1. The van der Waals surface area contributed by atoms with Gasteiger partial charge in [0.15, 0.2) is 5.17 Å². The van der Waals surface area contributed by atoms with Gasteiger partial charge in [0.2, 0.25) is 0 Å². The minimum Gasteiger partial charge on any atom is -0.368 e. The first-order chi connectivity index (χ1) is 14.4. The van der Waals surface area contributed by atoms with E-state index >= 15 is 0 Å². The van der Waals surface area contributed by atoms with Crippen molar-refractivity contribution in [1.82, 2.24) is 9.80 Å². The van der Waals surface area contributed by atoms with Gasteiger partial charge in [-0.25, -0.2) is 8.42 Å². The van der Waals surface area contributed by atoms with Crippen LogP contribution in [-0.2, 0) is 19.6 Å². The van der Waals surface area contributed by atoms with Gasteiger partial charge in [0.1, 0.15) is 6.10 Å². The van der Waals surface area contributed by atoms with E-state index in [4.69, 9.17) is 4.74 Å². The Kier molecular flexibility index (Phi) is 4.98. The number of sulfonamides is 1. The molecule has 5 rings (SSSR count). The van der Waals surface area contributed by atoms with Crippen LogP contribution >= 0.6 is 11.8 Å². The average Bonchev–Trinajstić information content (AvgIpc) is 3.39. The third-order valence-electron chi connectivity index (χ3n) is 5.80. The van der Waals surface area contributed by atoms with E-state index in [1.54, 1.807) is 21.9 Å². The minimum absolute atomic E-state index is 0.00786. The van der Waals surface area contributed by atoms with Crippen LogP contribution in [0, 0.1) is 0 Å². The number of hydrogen-bond donors (Lipinski definition) is 0. The zero-order valence-corrected chi connectivity index (χ0v) is 18.0. The van der Waals surface area contributed by atoms with Crippen molar-refractivity contribution >= 4 is 44.5 Å². The van der Waals surface area contributed by atoms with E-state index in [9.17, 15) is 18.0 Å². The van der Waals surface area contributed by atoms with E-state index in [2.05, 4.69) is 4.40 Å². The lowest BCUT2D eigenvalue weighted by Crippen LogP contribution is -2.52. The summed E-state index contributed by atoms with van der Waals surface area (Å²) in [5.74, 6) is -0.0607. The van der Waals surface area contributed by atoms with Crippen molar-refractivity contribution in [2.45, 2.75) is 23.8 Å². The highest BCUT2D eigenvalue weighted by Gasteiger charge is 2.35. The van der Waals surface area contributed by atoms with E-state index in [0.717, 1.165) is 23.4 Å². The smallest absolute Gasteiger partial charge is 0.257 e. The fraction of sp³-hybridized carbons (Fsp3) is 0.526. The molecule has 4 aliphatic rings. The molecule has 0 N–H and O–H groups in total. The Balaban J connectivity index is 1.26. The van der Waals surface area contributed by atoms with E-state index < -0.39 is 10.0 Å². The lowest BCUT2D eigenvalue weighted by Gasteiger charge is -2.35. The molecule has 0 saturated carbocycles. The summed E-state index contributed by atoms with van der Waals surface area (Å²) in [6, 6.07) is 5.44. The molecule has 11 heteroatoms. The first-order valence-corrected chi connectivity index (χ1v) is 12.5. The summed E-state index contributed by atoms with van der Waals surface area (Å²) in [5, 5.41) is 0.446.